The number of fused-ring (bicyclic) bond motifs is 1. The molecule has 0 aromatic carbocycles. The molecule has 0 radical (unpaired) electrons. The third kappa shape index (κ3) is 1.45. The fourth-order valence-electron chi connectivity index (χ4n) is 2.88. The van der Waals surface area contributed by atoms with Crippen LogP contribution in [0.3, 0.4) is 0 Å². The van der Waals surface area contributed by atoms with E-state index >= 15 is 0 Å². The normalized spacial score (nSPS) is 28.9. The summed E-state index contributed by atoms with van der Waals surface area (Å²) in [5, 5.41) is 2.88. The van der Waals surface area contributed by atoms with Gasteiger partial charge in [-0.2, -0.15) is 0 Å². The Labute approximate surface area is 94.8 Å². The van der Waals surface area contributed by atoms with E-state index in [2.05, 4.69) is 22.1 Å². The second-order valence-electron chi connectivity index (χ2n) is 4.79. The van der Waals surface area contributed by atoms with Crippen molar-refractivity contribution in [3.05, 3.63) is 23.5 Å². The number of nitrogens with one attached hydrogen (secondary N) is 1. The lowest BCUT2D eigenvalue weighted by Gasteiger charge is -2.23. The largest absolute Gasteiger partial charge is 0.354 e. The lowest BCUT2D eigenvalue weighted by molar-refractivity contribution is -0.119. The molecule has 86 valence electrons. The number of rotatable bonds is 1. The summed E-state index contributed by atoms with van der Waals surface area (Å²) in [6.45, 7) is 0.759. The van der Waals surface area contributed by atoms with Crippen molar-refractivity contribution < 1.29 is 4.79 Å². The third-order valence-corrected chi connectivity index (χ3v) is 3.74. The van der Waals surface area contributed by atoms with Crippen LogP contribution in [-0.4, -0.2) is 17.0 Å². The van der Waals surface area contributed by atoms with E-state index < -0.39 is 0 Å². The van der Waals surface area contributed by atoms with Crippen molar-refractivity contribution in [1.82, 2.24) is 9.88 Å². The quantitative estimate of drug-likeness (QED) is 0.736. The summed E-state index contributed by atoms with van der Waals surface area (Å²) in [7, 11) is 0. The molecule has 2 aliphatic rings. The molecule has 2 heterocycles. The Morgan fingerprint density at radius 3 is 3.12 bits per heavy atom. The molecule has 2 unspecified atom stereocenters. The van der Waals surface area contributed by atoms with Gasteiger partial charge in [0.05, 0.1) is 6.04 Å². The number of nitrogens with zero attached hydrogens (tertiary/aromatic N) is 1. The highest BCUT2D eigenvalue weighted by Crippen LogP contribution is 2.31. The Morgan fingerprint density at radius 2 is 2.38 bits per heavy atom. The van der Waals surface area contributed by atoms with Gasteiger partial charge in [0, 0.05) is 30.9 Å². The molecule has 3 rings (SSSR count). The molecule has 3 N–H and O–H groups in total. The van der Waals surface area contributed by atoms with Crippen LogP contribution in [-0.2, 0) is 11.2 Å². The fraction of sp³-hybridized carbons (Fsp3) is 0.583. The molecule has 4 nitrogen and oxygen atoms in total. The van der Waals surface area contributed by atoms with Gasteiger partial charge >= 0.3 is 0 Å². The van der Waals surface area contributed by atoms with Crippen molar-refractivity contribution in [2.24, 2.45) is 5.73 Å². The molecule has 2 atom stereocenters. The highest BCUT2D eigenvalue weighted by molar-refractivity contribution is 5.78. The molecular formula is C12H17N3O. The highest BCUT2D eigenvalue weighted by atomic mass is 16.1. The average Bonchev–Trinajstić information content (AvgIpc) is 2.84. The van der Waals surface area contributed by atoms with Crippen LogP contribution >= 0.6 is 0 Å². The van der Waals surface area contributed by atoms with Gasteiger partial charge in [-0.3, -0.25) is 4.79 Å². The van der Waals surface area contributed by atoms with Crippen molar-refractivity contribution in [1.29, 1.82) is 0 Å². The summed E-state index contributed by atoms with van der Waals surface area (Å²) in [4.78, 5) is 11.2. The predicted molar refractivity (Wildman–Crippen MR) is 61.0 cm³/mol. The summed E-state index contributed by atoms with van der Waals surface area (Å²) >= 11 is 0. The molecule has 16 heavy (non-hydrogen) atoms. The van der Waals surface area contributed by atoms with Crippen molar-refractivity contribution in [2.75, 3.05) is 6.54 Å². The molecule has 4 heteroatoms. The Balaban J connectivity index is 1.94. The van der Waals surface area contributed by atoms with E-state index in [1.165, 1.54) is 11.3 Å². The molecule has 0 saturated carbocycles. The average molecular weight is 219 g/mol. The zero-order chi connectivity index (χ0) is 11.1. The van der Waals surface area contributed by atoms with Gasteiger partial charge in [-0.05, 0) is 30.9 Å². The van der Waals surface area contributed by atoms with Crippen molar-refractivity contribution in [2.45, 2.75) is 37.8 Å². The van der Waals surface area contributed by atoms with E-state index in [4.69, 9.17) is 5.73 Å². The maximum atomic E-state index is 11.2. The number of amides is 1. The Hall–Kier alpha value is -1.29. The summed E-state index contributed by atoms with van der Waals surface area (Å²) in [6.07, 6.45) is 6.04. The van der Waals surface area contributed by atoms with Crippen LogP contribution in [0.1, 0.15) is 42.6 Å². The molecule has 1 aromatic heterocycles. The minimum Gasteiger partial charge on any atom is -0.354 e. The van der Waals surface area contributed by atoms with Crippen molar-refractivity contribution >= 4 is 5.91 Å². The highest BCUT2D eigenvalue weighted by Gasteiger charge is 2.27. The first-order valence-corrected chi connectivity index (χ1v) is 5.97. The minimum atomic E-state index is 0.160. The Morgan fingerprint density at radius 1 is 1.50 bits per heavy atom. The summed E-state index contributed by atoms with van der Waals surface area (Å²) in [5.41, 5.74) is 8.72. The SMILES string of the molecule is NC1CCCc2c1ccn2C1CNC(=O)C1. The lowest BCUT2D eigenvalue weighted by Crippen LogP contribution is -2.21. The van der Waals surface area contributed by atoms with Crippen molar-refractivity contribution in [3.63, 3.8) is 0 Å². The van der Waals surface area contributed by atoms with Gasteiger partial charge < -0.3 is 15.6 Å². The van der Waals surface area contributed by atoms with Crippen LogP contribution in [0.15, 0.2) is 12.3 Å². The van der Waals surface area contributed by atoms with Crippen LogP contribution in [0.5, 0.6) is 0 Å². The maximum absolute atomic E-state index is 11.2. The van der Waals surface area contributed by atoms with E-state index in [0.717, 1.165) is 25.8 Å². The monoisotopic (exact) mass is 219 g/mol. The van der Waals surface area contributed by atoms with Gasteiger partial charge in [-0.15, -0.1) is 0 Å². The molecule has 1 fully saturated rings. The van der Waals surface area contributed by atoms with Crippen LogP contribution in [0, 0.1) is 0 Å². The fourth-order valence-corrected chi connectivity index (χ4v) is 2.88. The Kier molecular flexibility index (Phi) is 2.24. The summed E-state index contributed by atoms with van der Waals surface area (Å²) in [6, 6.07) is 2.61. The molecule has 1 aromatic rings. The van der Waals surface area contributed by atoms with E-state index in [9.17, 15) is 4.79 Å². The number of nitrogens with two attached hydrogens (primary N) is 1. The van der Waals surface area contributed by atoms with Crippen LogP contribution in [0.25, 0.3) is 0 Å². The first kappa shape index (κ1) is 9.90. The Bertz CT molecular complexity index is 424. The molecule has 0 spiro atoms. The number of aromatic nitrogens is 1. The second kappa shape index (κ2) is 3.63. The van der Waals surface area contributed by atoms with E-state index in [-0.39, 0.29) is 11.9 Å². The molecule has 1 amide bonds. The standard InChI is InChI=1S/C12H17N3O/c13-10-2-1-3-11-9(10)4-5-15(11)8-6-12(16)14-7-8/h4-5,8,10H,1-3,6-7,13H2,(H,14,16). The van der Waals surface area contributed by atoms with Gasteiger partial charge in [-0.1, -0.05) is 0 Å². The van der Waals surface area contributed by atoms with Gasteiger partial charge in [0.2, 0.25) is 5.91 Å². The molecule has 1 aliphatic heterocycles. The zero-order valence-corrected chi connectivity index (χ0v) is 9.28. The number of hydrogen-bond acceptors (Lipinski definition) is 2. The number of carbonyl (C=O) groups excluding carboxylic acids is 1. The smallest absolute Gasteiger partial charge is 0.222 e. The van der Waals surface area contributed by atoms with E-state index in [1.807, 2.05) is 0 Å². The molecule has 0 bridgehead atoms. The molecule has 1 aliphatic carbocycles. The maximum Gasteiger partial charge on any atom is 0.222 e. The van der Waals surface area contributed by atoms with Gasteiger partial charge in [0.25, 0.3) is 0 Å². The van der Waals surface area contributed by atoms with E-state index in [0.29, 0.717) is 12.5 Å². The van der Waals surface area contributed by atoms with Crippen molar-refractivity contribution in [3.8, 4) is 0 Å². The third-order valence-electron chi connectivity index (χ3n) is 3.74. The molecule has 1 saturated heterocycles. The minimum absolute atomic E-state index is 0.160. The summed E-state index contributed by atoms with van der Waals surface area (Å²) < 4.78 is 2.26. The number of hydrogen-bond donors (Lipinski definition) is 2. The van der Waals surface area contributed by atoms with Gasteiger partial charge in [0.1, 0.15) is 0 Å². The first-order chi connectivity index (χ1) is 7.75. The first-order valence-electron chi connectivity index (χ1n) is 5.97. The van der Waals surface area contributed by atoms with Crippen LogP contribution < -0.4 is 11.1 Å². The van der Waals surface area contributed by atoms with Crippen LogP contribution in [0.2, 0.25) is 0 Å². The lowest BCUT2D eigenvalue weighted by atomic mass is 9.93. The predicted octanol–water partition coefficient (Wildman–Crippen LogP) is 0.885. The summed E-state index contributed by atoms with van der Waals surface area (Å²) in [5.74, 6) is 0.160. The number of carbonyl (C=O) groups is 1. The molecular weight excluding hydrogens is 202 g/mol. The second-order valence-corrected chi connectivity index (χ2v) is 4.79. The zero-order valence-electron chi connectivity index (χ0n) is 9.28. The van der Waals surface area contributed by atoms with Gasteiger partial charge in [0.15, 0.2) is 0 Å². The van der Waals surface area contributed by atoms with E-state index in [1.54, 1.807) is 0 Å². The van der Waals surface area contributed by atoms with Gasteiger partial charge in [-0.25, -0.2) is 0 Å². The van der Waals surface area contributed by atoms with Crippen LogP contribution in [0.4, 0.5) is 0 Å². The topological polar surface area (TPSA) is 60.0 Å².